The molecule has 10 rings (SSSR count). The van der Waals surface area contributed by atoms with E-state index in [1.807, 2.05) is 52.8 Å². The van der Waals surface area contributed by atoms with Crippen molar-refractivity contribution in [3.63, 3.8) is 0 Å². The molecule has 7 fully saturated rings. The molecule has 14 unspecified atom stereocenters. The van der Waals surface area contributed by atoms with Crippen molar-refractivity contribution in [2.45, 2.75) is 221 Å². The zero-order chi connectivity index (χ0) is 62.8. The van der Waals surface area contributed by atoms with E-state index in [1.54, 1.807) is 72.8 Å². The Morgan fingerprint density at radius 1 is 0.602 bits per heavy atom. The molecule has 0 amide bonds. The van der Waals surface area contributed by atoms with Gasteiger partial charge in [0.15, 0.2) is 25.0 Å². The Labute approximate surface area is 522 Å². The minimum atomic E-state index is -1.07. The molecule has 3 aliphatic heterocycles. The Hall–Kier alpha value is -4.87. The number of ether oxygens (including phenoxy) is 9. The molecule has 7 aliphatic rings. The summed E-state index contributed by atoms with van der Waals surface area (Å²) in [5.74, 6) is -0.652. The highest BCUT2D eigenvalue weighted by molar-refractivity contribution is 5.92. The van der Waals surface area contributed by atoms with Crippen molar-refractivity contribution in [3.8, 4) is 0 Å². The van der Waals surface area contributed by atoms with E-state index in [0.717, 1.165) is 51.4 Å². The van der Waals surface area contributed by atoms with E-state index in [1.165, 1.54) is 0 Å². The Morgan fingerprint density at radius 2 is 1.17 bits per heavy atom. The third-order valence-electron chi connectivity index (χ3n) is 23.3. The van der Waals surface area contributed by atoms with E-state index in [4.69, 9.17) is 42.6 Å². The molecular weight excluding hydrogens is 1120 g/mol. The highest BCUT2D eigenvalue weighted by Crippen LogP contribution is 2.68. The molecular formula is C73H100O15. The lowest BCUT2D eigenvalue weighted by Crippen LogP contribution is -2.60. The number of hydrogen-bond donors (Lipinski definition) is 1. The summed E-state index contributed by atoms with van der Waals surface area (Å²) in [6.07, 6.45) is 2.22. The average molecular weight is 1220 g/mol. The smallest absolute Gasteiger partial charge is 0.338 e. The summed E-state index contributed by atoms with van der Waals surface area (Å²) in [7, 11) is 0. The minimum Gasteiger partial charge on any atom is -0.459 e. The fourth-order valence-electron chi connectivity index (χ4n) is 17.5. The van der Waals surface area contributed by atoms with Crippen LogP contribution in [0.3, 0.4) is 0 Å². The Balaban J connectivity index is 0.761. The third kappa shape index (κ3) is 13.7. The summed E-state index contributed by atoms with van der Waals surface area (Å²) in [5, 5.41) is 11.8. The van der Waals surface area contributed by atoms with Gasteiger partial charge in [-0.2, -0.15) is 0 Å². The van der Waals surface area contributed by atoms with Gasteiger partial charge in [-0.1, -0.05) is 131 Å². The lowest BCUT2D eigenvalue weighted by Gasteiger charge is -2.61. The molecule has 4 aliphatic carbocycles. The number of ketones is 2. The summed E-state index contributed by atoms with van der Waals surface area (Å²) >= 11 is 0. The number of fused-ring (bicyclic) bond motifs is 5. The van der Waals surface area contributed by atoms with Crippen molar-refractivity contribution in [2.75, 3.05) is 13.2 Å². The maximum atomic E-state index is 14.5. The molecule has 3 aromatic carbocycles. The maximum absolute atomic E-state index is 14.5. The normalized spacial score (nSPS) is 39.6. The fourth-order valence-corrected chi connectivity index (χ4v) is 17.5. The summed E-state index contributed by atoms with van der Waals surface area (Å²) in [6, 6.07) is 26.2. The fraction of sp³-hybridized carbons (Fsp3) is 0.685. The van der Waals surface area contributed by atoms with Gasteiger partial charge in [-0.3, -0.25) is 9.59 Å². The van der Waals surface area contributed by atoms with Crippen LogP contribution in [0.25, 0.3) is 0 Å². The van der Waals surface area contributed by atoms with Gasteiger partial charge in [0.25, 0.3) is 0 Å². The van der Waals surface area contributed by atoms with Crippen molar-refractivity contribution in [3.05, 3.63) is 108 Å². The SMILES string of the molecule is CCC1O[C@@H](OC2[C@H](OC3CCC4(C)C(CCC5C4CCC4(C)C5CC(=O)C4[C@H](C)C(=O)CC[C@H](C)CO[C@@H]4OC(CC)[C@H](C)[C@H](OC(=O)c5ccccc5)C4OC(=O)c4ccccc4)C3)OC(COC(=O)c3ccccc3)[C@H](O)[C@@H]2C)C(C)[C@@H](C)[C@H]1C. The second-order valence-electron chi connectivity index (χ2n) is 28.4. The highest BCUT2D eigenvalue weighted by Gasteiger charge is 2.64. The zero-order valence-electron chi connectivity index (χ0n) is 54.0. The van der Waals surface area contributed by atoms with Gasteiger partial charge in [-0.05, 0) is 153 Å². The summed E-state index contributed by atoms with van der Waals surface area (Å²) in [6.45, 7) is 23.6. The number of hydrogen-bond acceptors (Lipinski definition) is 15. The van der Waals surface area contributed by atoms with Crippen LogP contribution >= 0.6 is 0 Å². The van der Waals surface area contributed by atoms with Crippen LogP contribution in [0.5, 0.6) is 0 Å². The summed E-state index contributed by atoms with van der Waals surface area (Å²) < 4.78 is 58.6. The van der Waals surface area contributed by atoms with Crippen molar-refractivity contribution in [1.82, 2.24) is 0 Å². The first-order valence-corrected chi connectivity index (χ1v) is 33.5. The lowest BCUT2D eigenvalue weighted by atomic mass is 9.44. The molecule has 1 N–H and O–H groups in total. The first kappa shape index (κ1) is 66.1. The number of rotatable bonds is 21. The molecule has 15 heteroatoms. The zero-order valence-corrected chi connectivity index (χ0v) is 54.0. The molecule has 3 aromatic rings. The van der Waals surface area contributed by atoms with Crippen molar-refractivity contribution < 1.29 is 71.7 Å². The van der Waals surface area contributed by atoms with Gasteiger partial charge in [0.2, 0.25) is 0 Å². The molecule has 3 saturated heterocycles. The molecule has 88 heavy (non-hydrogen) atoms. The van der Waals surface area contributed by atoms with E-state index < -0.39 is 79.1 Å². The molecule has 25 atom stereocenters. The van der Waals surface area contributed by atoms with Gasteiger partial charge in [-0.15, -0.1) is 0 Å². The monoisotopic (exact) mass is 1220 g/mol. The van der Waals surface area contributed by atoms with E-state index >= 15 is 0 Å². The third-order valence-corrected chi connectivity index (χ3v) is 23.3. The molecule has 15 nitrogen and oxygen atoms in total. The molecule has 0 bridgehead atoms. The number of benzene rings is 3. The quantitative estimate of drug-likeness (QED) is 0.0602. The average Bonchev–Trinajstić information content (AvgIpc) is 1.44. The van der Waals surface area contributed by atoms with Crippen LogP contribution in [0.2, 0.25) is 0 Å². The first-order chi connectivity index (χ1) is 42.1. The number of aliphatic hydroxyl groups is 1. The predicted octanol–water partition coefficient (Wildman–Crippen LogP) is 13.1. The highest BCUT2D eigenvalue weighted by atomic mass is 16.7. The van der Waals surface area contributed by atoms with Crippen LogP contribution < -0.4 is 0 Å². The van der Waals surface area contributed by atoms with E-state index in [-0.39, 0.29) is 83.5 Å². The summed E-state index contributed by atoms with van der Waals surface area (Å²) in [5.41, 5.74) is 0.920. The molecule has 482 valence electrons. The summed E-state index contributed by atoms with van der Waals surface area (Å²) in [4.78, 5) is 69.3. The Morgan fingerprint density at radius 3 is 1.80 bits per heavy atom. The van der Waals surface area contributed by atoms with Crippen LogP contribution in [0.4, 0.5) is 0 Å². The van der Waals surface area contributed by atoms with E-state index in [0.29, 0.717) is 72.0 Å². The molecule has 0 spiro atoms. The van der Waals surface area contributed by atoms with Crippen LogP contribution in [0, 0.1) is 81.8 Å². The number of carbonyl (C=O) groups excluding carboxylic acids is 5. The van der Waals surface area contributed by atoms with Crippen LogP contribution in [-0.2, 0) is 52.2 Å². The number of carbonyl (C=O) groups is 5. The number of esters is 3. The van der Waals surface area contributed by atoms with Crippen molar-refractivity contribution >= 4 is 29.5 Å². The maximum Gasteiger partial charge on any atom is 0.338 e. The molecule has 0 aromatic heterocycles. The van der Waals surface area contributed by atoms with E-state index in [2.05, 4.69) is 41.5 Å². The van der Waals surface area contributed by atoms with E-state index in [9.17, 15) is 29.1 Å². The largest absolute Gasteiger partial charge is 0.459 e. The Kier molecular flexibility index (Phi) is 21.3. The second-order valence-corrected chi connectivity index (χ2v) is 28.4. The van der Waals surface area contributed by atoms with Gasteiger partial charge in [0.1, 0.15) is 36.5 Å². The molecule has 0 radical (unpaired) electrons. The lowest BCUT2D eigenvalue weighted by molar-refractivity contribution is -0.353. The molecule has 4 saturated carbocycles. The van der Waals surface area contributed by atoms with Gasteiger partial charge < -0.3 is 47.7 Å². The Bertz CT molecular complexity index is 2830. The van der Waals surface area contributed by atoms with Gasteiger partial charge in [0, 0.05) is 42.4 Å². The number of Topliss-reactive ketones (excluding diaryl/α,β-unsaturated/α-hetero) is 2. The predicted molar refractivity (Wildman–Crippen MR) is 330 cm³/mol. The minimum absolute atomic E-state index is 0.0394. The topological polar surface area (TPSA) is 189 Å². The first-order valence-electron chi connectivity index (χ1n) is 33.5. The van der Waals surface area contributed by atoms with Gasteiger partial charge in [0.05, 0.1) is 47.7 Å². The van der Waals surface area contributed by atoms with Crippen LogP contribution in [0.1, 0.15) is 184 Å². The number of aliphatic hydroxyl groups excluding tert-OH is 1. The second kappa shape index (κ2) is 28.3. The van der Waals surface area contributed by atoms with Crippen molar-refractivity contribution in [2.24, 2.45) is 81.8 Å². The van der Waals surface area contributed by atoms with Crippen LogP contribution in [-0.4, -0.2) is 115 Å². The van der Waals surface area contributed by atoms with Gasteiger partial charge >= 0.3 is 17.9 Å². The standard InChI is InChI=1S/C73H100O15/c1-12-58-43(5)42(4)44(6)69(83-58)88-64-47(9)62(76)60(40-80-66(77)48-23-17-14-18-24-48)85-71(64)82-52-33-35-72(10)51(37-52)30-31-53-54(72)34-36-73(11)55(53)38-57(75)61(73)45(7)56(74)32-29-41(3)39-81-70-65(87-68(79)50-27-21-16-22-28-50)63(46(8)59(13-2)84-70)86-67(78)49-25-19-15-20-26-49/h14-28,41-47,51-55,58-65,69-71,76H,12-13,29-40H2,1-11H3/t41-,42-,43+,44?,45+,46-,47-,51?,52?,53?,54?,55?,58?,59?,60?,61?,62+,63-,64?,65?,69-,70+,71+,72?,73?/m0/s1. The van der Waals surface area contributed by atoms with Gasteiger partial charge in [-0.25, -0.2) is 14.4 Å². The van der Waals surface area contributed by atoms with Crippen LogP contribution in [0.15, 0.2) is 91.0 Å². The van der Waals surface area contributed by atoms with Crippen molar-refractivity contribution in [1.29, 1.82) is 0 Å². The molecule has 3 heterocycles.